The lowest BCUT2D eigenvalue weighted by molar-refractivity contribution is -0.127. The van der Waals surface area contributed by atoms with Crippen LogP contribution < -0.4 is 0 Å². The molecule has 0 N–H and O–H groups in total. The number of rotatable bonds is 2. The molecule has 0 amide bonds. The first-order valence-electron chi connectivity index (χ1n) is 5.41. The van der Waals surface area contributed by atoms with Crippen molar-refractivity contribution in [2.75, 3.05) is 0 Å². The minimum Gasteiger partial charge on any atom is -0.299 e. The van der Waals surface area contributed by atoms with Gasteiger partial charge in [-0.05, 0) is 33.6 Å². The number of hydrogen-bond donors (Lipinski definition) is 0. The summed E-state index contributed by atoms with van der Waals surface area (Å²) in [5, 5.41) is 0. The topological polar surface area (TPSA) is 17.1 Å². The minimum atomic E-state index is -0.190. The van der Waals surface area contributed by atoms with Crippen LogP contribution >= 0.6 is 0 Å². The highest BCUT2D eigenvalue weighted by atomic mass is 16.1. The molecule has 1 atom stereocenters. The molecule has 1 nitrogen and oxygen atoms in total. The second-order valence-electron chi connectivity index (χ2n) is 4.65. The van der Waals surface area contributed by atoms with E-state index in [9.17, 15) is 4.79 Å². The van der Waals surface area contributed by atoms with Gasteiger partial charge in [0.2, 0.25) is 0 Å². The van der Waals surface area contributed by atoms with E-state index in [1.807, 2.05) is 6.08 Å². The Morgan fingerprint density at radius 1 is 1.36 bits per heavy atom. The molecule has 1 aliphatic rings. The fraction of sp³-hybridized carbons (Fsp3) is 0.615. The van der Waals surface area contributed by atoms with E-state index >= 15 is 0 Å². The van der Waals surface area contributed by atoms with Gasteiger partial charge in [0.15, 0.2) is 0 Å². The lowest BCUT2D eigenvalue weighted by atomic mass is 9.74. The van der Waals surface area contributed by atoms with Crippen molar-refractivity contribution in [2.45, 2.75) is 46.5 Å². The zero-order valence-electron chi connectivity index (χ0n) is 9.47. The number of Topliss-reactive ketones (excluding diaryl/α,β-unsaturated/α-hetero) is 1. The molecule has 0 spiro atoms. The van der Waals surface area contributed by atoms with Crippen LogP contribution in [0, 0.1) is 5.41 Å². The Hall–Kier alpha value is -0.850. The number of carbonyl (C=O) groups is 1. The van der Waals surface area contributed by atoms with Crippen LogP contribution in [0.4, 0.5) is 0 Å². The SMILES string of the molecule is CC(C)=C/C=C/[C@@]1(C)CCCCC1=O. The third-order valence-corrected chi connectivity index (χ3v) is 2.88. The molecule has 1 heteroatoms. The van der Waals surface area contributed by atoms with Crippen LogP contribution in [-0.4, -0.2) is 5.78 Å². The van der Waals surface area contributed by atoms with E-state index in [0.717, 1.165) is 19.3 Å². The first kappa shape index (κ1) is 11.2. The van der Waals surface area contributed by atoms with Gasteiger partial charge in [0.05, 0.1) is 0 Å². The highest BCUT2D eigenvalue weighted by Gasteiger charge is 2.31. The van der Waals surface area contributed by atoms with Gasteiger partial charge in [0, 0.05) is 11.8 Å². The molecule has 0 aliphatic heterocycles. The summed E-state index contributed by atoms with van der Waals surface area (Å²) in [6, 6.07) is 0. The molecule has 0 aromatic rings. The summed E-state index contributed by atoms with van der Waals surface area (Å²) in [6.07, 6.45) is 10.2. The molecule has 14 heavy (non-hydrogen) atoms. The molecule has 0 saturated heterocycles. The molecule has 78 valence electrons. The highest BCUT2D eigenvalue weighted by Crippen LogP contribution is 2.33. The summed E-state index contributed by atoms with van der Waals surface area (Å²) >= 11 is 0. The maximum Gasteiger partial charge on any atom is 0.142 e. The smallest absolute Gasteiger partial charge is 0.142 e. The average Bonchev–Trinajstić information content (AvgIpc) is 2.10. The summed E-state index contributed by atoms with van der Waals surface area (Å²) in [5.41, 5.74) is 1.08. The highest BCUT2D eigenvalue weighted by molar-refractivity contribution is 5.86. The van der Waals surface area contributed by atoms with E-state index in [-0.39, 0.29) is 5.41 Å². The summed E-state index contributed by atoms with van der Waals surface area (Å²) in [5.74, 6) is 0.405. The van der Waals surface area contributed by atoms with Crippen LogP contribution in [0.15, 0.2) is 23.8 Å². The average molecular weight is 192 g/mol. The van der Waals surface area contributed by atoms with Crippen molar-refractivity contribution < 1.29 is 4.79 Å². The molecular weight excluding hydrogens is 172 g/mol. The van der Waals surface area contributed by atoms with Crippen molar-refractivity contribution in [1.82, 2.24) is 0 Å². The molecule has 1 fully saturated rings. The second kappa shape index (κ2) is 4.59. The maximum absolute atomic E-state index is 11.7. The maximum atomic E-state index is 11.7. The van der Waals surface area contributed by atoms with Crippen molar-refractivity contribution >= 4 is 5.78 Å². The van der Waals surface area contributed by atoms with Gasteiger partial charge in [-0.15, -0.1) is 0 Å². The summed E-state index contributed by atoms with van der Waals surface area (Å²) in [4.78, 5) is 11.7. The predicted molar refractivity (Wildman–Crippen MR) is 60.2 cm³/mol. The van der Waals surface area contributed by atoms with Gasteiger partial charge in [-0.3, -0.25) is 4.79 Å². The Bertz CT molecular complexity index is 269. The predicted octanol–water partition coefficient (Wildman–Crippen LogP) is 3.66. The first-order chi connectivity index (χ1) is 6.54. The first-order valence-corrected chi connectivity index (χ1v) is 5.41. The van der Waals surface area contributed by atoms with E-state index in [4.69, 9.17) is 0 Å². The largest absolute Gasteiger partial charge is 0.299 e. The quantitative estimate of drug-likeness (QED) is 0.610. The van der Waals surface area contributed by atoms with Crippen molar-refractivity contribution in [2.24, 2.45) is 5.41 Å². The van der Waals surface area contributed by atoms with Crippen molar-refractivity contribution in [3.8, 4) is 0 Å². The number of ketones is 1. The van der Waals surface area contributed by atoms with Crippen molar-refractivity contribution in [3.05, 3.63) is 23.8 Å². The zero-order chi connectivity index (χ0) is 10.6. The van der Waals surface area contributed by atoms with Gasteiger partial charge < -0.3 is 0 Å². The molecule has 0 aromatic carbocycles. The fourth-order valence-corrected chi connectivity index (χ4v) is 1.83. The number of hydrogen-bond acceptors (Lipinski definition) is 1. The Morgan fingerprint density at radius 2 is 2.07 bits per heavy atom. The van der Waals surface area contributed by atoms with E-state index in [1.54, 1.807) is 0 Å². The van der Waals surface area contributed by atoms with Gasteiger partial charge in [-0.2, -0.15) is 0 Å². The zero-order valence-corrected chi connectivity index (χ0v) is 9.47. The Kier molecular flexibility index (Phi) is 3.68. The fourth-order valence-electron chi connectivity index (χ4n) is 1.83. The molecule has 0 radical (unpaired) electrons. The van der Waals surface area contributed by atoms with Crippen LogP contribution in [0.2, 0.25) is 0 Å². The normalized spacial score (nSPS) is 28.1. The summed E-state index contributed by atoms with van der Waals surface area (Å²) in [7, 11) is 0. The molecule has 1 rings (SSSR count). The van der Waals surface area contributed by atoms with E-state index in [1.165, 1.54) is 12.0 Å². The van der Waals surface area contributed by atoms with Gasteiger partial charge in [-0.1, -0.05) is 30.2 Å². The van der Waals surface area contributed by atoms with Gasteiger partial charge in [-0.25, -0.2) is 0 Å². The van der Waals surface area contributed by atoms with Crippen LogP contribution in [0.3, 0.4) is 0 Å². The second-order valence-corrected chi connectivity index (χ2v) is 4.65. The van der Waals surface area contributed by atoms with Crippen molar-refractivity contribution in [1.29, 1.82) is 0 Å². The molecule has 0 unspecified atom stereocenters. The lowest BCUT2D eigenvalue weighted by Crippen LogP contribution is -2.28. The molecular formula is C13H20O. The monoisotopic (exact) mass is 192 g/mol. The van der Waals surface area contributed by atoms with E-state index < -0.39 is 0 Å². The number of allylic oxidation sites excluding steroid dienone is 4. The Balaban J connectivity index is 2.68. The van der Waals surface area contributed by atoms with Gasteiger partial charge in [0.1, 0.15) is 5.78 Å². The molecule has 0 heterocycles. The number of carbonyl (C=O) groups excluding carboxylic acids is 1. The van der Waals surface area contributed by atoms with Crippen LogP contribution in [0.1, 0.15) is 46.5 Å². The Morgan fingerprint density at radius 3 is 2.64 bits per heavy atom. The van der Waals surface area contributed by atoms with Gasteiger partial charge >= 0.3 is 0 Å². The van der Waals surface area contributed by atoms with Crippen LogP contribution in [-0.2, 0) is 4.79 Å². The lowest BCUT2D eigenvalue weighted by Gasteiger charge is -2.28. The van der Waals surface area contributed by atoms with Crippen molar-refractivity contribution in [3.63, 3.8) is 0 Å². The molecule has 1 aliphatic carbocycles. The Labute approximate surface area is 86.9 Å². The van der Waals surface area contributed by atoms with E-state index in [0.29, 0.717) is 5.78 Å². The standard InChI is InChI=1S/C13H20O/c1-11(2)7-6-10-13(3)9-5-4-8-12(13)14/h6-7,10H,4-5,8-9H2,1-3H3/b10-6+/t13-/m1/s1. The van der Waals surface area contributed by atoms with Gasteiger partial charge in [0.25, 0.3) is 0 Å². The third-order valence-electron chi connectivity index (χ3n) is 2.88. The molecule has 0 bridgehead atoms. The van der Waals surface area contributed by atoms with Crippen LogP contribution in [0.25, 0.3) is 0 Å². The summed E-state index contributed by atoms with van der Waals surface area (Å²) < 4.78 is 0. The summed E-state index contributed by atoms with van der Waals surface area (Å²) in [6.45, 7) is 6.19. The van der Waals surface area contributed by atoms with E-state index in [2.05, 4.69) is 32.9 Å². The molecule has 0 aromatic heterocycles. The molecule has 1 saturated carbocycles. The van der Waals surface area contributed by atoms with Crippen LogP contribution in [0.5, 0.6) is 0 Å². The minimum absolute atomic E-state index is 0.190. The third kappa shape index (κ3) is 2.83.